The summed E-state index contributed by atoms with van der Waals surface area (Å²) >= 11 is 0. The Kier molecular flexibility index (Phi) is 3.75. The molecule has 0 heterocycles. The molecule has 0 spiro atoms. The first kappa shape index (κ1) is 12.3. The van der Waals surface area contributed by atoms with Gasteiger partial charge in [0, 0.05) is 5.92 Å². The number of benzene rings is 2. The summed E-state index contributed by atoms with van der Waals surface area (Å²) in [5, 5.41) is 16.3. The maximum atomic E-state index is 8.72. The van der Waals surface area contributed by atoms with Crippen LogP contribution in [0.3, 0.4) is 0 Å². The summed E-state index contributed by atoms with van der Waals surface area (Å²) in [6.07, 6.45) is 0. The average Bonchev–Trinajstić information content (AvgIpc) is 2.47. The summed E-state index contributed by atoms with van der Waals surface area (Å²) < 4.78 is 0. The fourth-order valence-electron chi connectivity index (χ4n) is 1.86. The fourth-order valence-corrected chi connectivity index (χ4v) is 1.86. The van der Waals surface area contributed by atoms with Crippen molar-refractivity contribution in [3.63, 3.8) is 0 Å². The normalized spacial score (nSPS) is 11.9. The number of hydrogen-bond acceptors (Lipinski definition) is 2. The van der Waals surface area contributed by atoms with E-state index in [-0.39, 0.29) is 11.8 Å². The Morgan fingerprint density at radius 3 is 2.11 bits per heavy atom. The Balaban J connectivity index is 2.23. The van der Waals surface area contributed by atoms with E-state index in [9.17, 15) is 0 Å². The topological polar surface area (TPSA) is 56.1 Å². The Hall–Kier alpha value is -2.13. The van der Waals surface area contributed by atoms with Crippen LogP contribution in [0.2, 0.25) is 0 Å². The molecule has 2 aromatic rings. The average molecular weight is 240 g/mol. The predicted molar refractivity (Wildman–Crippen MR) is 72.9 cm³/mol. The van der Waals surface area contributed by atoms with Crippen LogP contribution in [0.15, 0.2) is 54.6 Å². The van der Waals surface area contributed by atoms with Crippen LogP contribution in [0, 0.1) is 5.41 Å². The van der Waals surface area contributed by atoms with Gasteiger partial charge in [-0.3, -0.25) is 16.1 Å². The molecule has 0 fully saturated rings. The fraction of sp³-hybridized carbons (Fsp3) is 0.133. The van der Waals surface area contributed by atoms with Crippen LogP contribution in [-0.4, -0.2) is 11.0 Å². The lowest BCUT2D eigenvalue weighted by Crippen LogP contribution is -2.23. The first-order valence-electron chi connectivity index (χ1n) is 5.86. The van der Waals surface area contributed by atoms with E-state index in [4.69, 9.17) is 10.6 Å². The highest BCUT2D eigenvalue weighted by Crippen LogP contribution is 2.22. The number of hydrogen-bond donors (Lipinski definition) is 3. The van der Waals surface area contributed by atoms with Crippen molar-refractivity contribution in [3.8, 4) is 11.1 Å². The van der Waals surface area contributed by atoms with Gasteiger partial charge in [-0.2, -0.15) is 0 Å². The van der Waals surface area contributed by atoms with E-state index in [0.717, 1.165) is 11.1 Å². The highest BCUT2D eigenvalue weighted by Gasteiger charge is 2.10. The molecule has 3 N–H and O–H groups in total. The molecule has 18 heavy (non-hydrogen) atoms. The van der Waals surface area contributed by atoms with Crippen molar-refractivity contribution in [2.24, 2.45) is 0 Å². The zero-order valence-electron chi connectivity index (χ0n) is 10.2. The van der Waals surface area contributed by atoms with Gasteiger partial charge in [-0.15, -0.1) is 0 Å². The Morgan fingerprint density at radius 2 is 1.56 bits per heavy atom. The molecule has 0 aliphatic carbocycles. The molecule has 1 unspecified atom stereocenters. The lowest BCUT2D eigenvalue weighted by Gasteiger charge is -2.12. The van der Waals surface area contributed by atoms with E-state index in [1.54, 1.807) is 0 Å². The highest BCUT2D eigenvalue weighted by molar-refractivity contribution is 5.84. The summed E-state index contributed by atoms with van der Waals surface area (Å²) in [7, 11) is 0. The van der Waals surface area contributed by atoms with Crippen LogP contribution >= 0.6 is 0 Å². The standard InChI is InChI=1S/C15H16N2O/c1-11(15(16)17-18)12-7-9-14(10-8-12)13-5-3-2-4-6-13/h2-11,18H,1H3,(H2,16,17). The third-order valence-corrected chi connectivity index (χ3v) is 3.07. The molecule has 2 rings (SSSR count). The molecule has 1 atom stereocenters. The molecule has 0 aromatic heterocycles. The van der Waals surface area contributed by atoms with Gasteiger partial charge in [0.1, 0.15) is 5.84 Å². The van der Waals surface area contributed by atoms with Crippen LogP contribution in [-0.2, 0) is 0 Å². The zero-order chi connectivity index (χ0) is 13.0. The number of hydroxylamine groups is 1. The van der Waals surface area contributed by atoms with Gasteiger partial charge >= 0.3 is 0 Å². The highest BCUT2D eigenvalue weighted by atomic mass is 16.5. The largest absolute Gasteiger partial charge is 0.290 e. The van der Waals surface area contributed by atoms with E-state index in [2.05, 4.69) is 12.1 Å². The van der Waals surface area contributed by atoms with Crippen molar-refractivity contribution in [2.45, 2.75) is 12.8 Å². The smallest absolute Gasteiger partial charge is 0.125 e. The van der Waals surface area contributed by atoms with Crippen LogP contribution in [0.1, 0.15) is 18.4 Å². The predicted octanol–water partition coefficient (Wildman–Crippen LogP) is 3.41. The van der Waals surface area contributed by atoms with Gasteiger partial charge in [-0.25, -0.2) is 0 Å². The van der Waals surface area contributed by atoms with Gasteiger partial charge in [0.25, 0.3) is 0 Å². The zero-order valence-corrected chi connectivity index (χ0v) is 10.2. The van der Waals surface area contributed by atoms with Gasteiger partial charge in [0.2, 0.25) is 0 Å². The Bertz CT molecular complexity index is 520. The molecule has 2 aromatic carbocycles. The number of amidine groups is 1. The molecule has 0 saturated carbocycles. The van der Waals surface area contributed by atoms with Crippen molar-refractivity contribution < 1.29 is 5.21 Å². The molecule has 0 aliphatic heterocycles. The minimum absolute atomic E-state index is 0.0995. The minimum atomic E-state index is -0.139. The second-order valence-electron chi connectivity index (χ2n) is 4.24. The molecule has 0 saturated heterocycles. The SMILES string of the molecule is CC(C(=N)NO)c1ccc(-c2ccccc2)cc1. The van der Waals surface area contributed by atoms with Crippen molar-refractivity contribution in [3.05, 3.63) is 60.2 Å². The van der Waals surface area contributed by atoms with E-state index in [1.165, 1.54) is 5.56 Å². The van der Waals surface area contributed by atoms with Crippen LogP contribution in [0.4, 0.5) is 0 Å². The summed E-state index contributed by atoms with van der Waals surface area (Å²) in [6, 6.07) is 18.2. The first-order chi connectivity index (χ1) is 8.72. The second kappa shape index (κ2) is 5.47. The maximum Gasteiger partial charge on any atom is 0.125 e. The molecule has 0 radical (unpaired) electrons. The number of rotatable bonds is 3. The van der Waals surface area contributed by atoms with Crippen LogP contribution in [0.5, 0.6) is 0 Å². The van der Waals surface area contributed by atoms with Gasteiger partial charge in [0.15, 0.2) is 0 Å². The molecule has 3 heteroatoms. The lowest BCUT2D eigenvalue weighted by molar-refractivity contribution is 0.229. The molecule has 0 aliphatic rings. The third-order valence-electron chi connectivity index (χ3n) is 3.07. The summed E-state index contributed by atoms with van der Waals surface area (Å²) in [6.45, 7) is 1.88. The summed E-state index contributed by atoms with van der Waals surface area (Å²) in [5.41, 5.74) is 5.22. The first-order valence-corrected chi connectivity index (χ1v) is 5.86. The molecule has 92 valence electrons. The van der Waals surface area contributed by atoms with E-state index in [1.807, 2.05) is 54.9 Å². The van der Waals surface area contributed by atoms with Crippen molar-refractivity contribution in [2.75, 3.05) is 0 Å². The van der Waals surface area contributed by atoms with Crippen molar-refractivity contribution in [1.82, 2.24) is 5.48 Å². The van der Waals surface area contributed by atoms with Crippen LogP contribution in [0.25, 0.3) is 11.1 Å². The molecule has 3 nitrogen and oxygen atoms in total. The van der Waals surface area contributed by atoms with Crippen LogP contribution < -0.4 is 5.48 Å². The molecular formula is C15H16N2O. The second-order valence-corrected chi connectivity index (χ2v) is 4.24. The molecular weight excluding hydrogens is 224 g/mol. The quantitative estimate of drug-likeness (QED) is 0.437. The van der Waals surface area contributed by atoms with E-state index in [0.29, 0.717) is 0 Å². The Morgan fingerprint density at radius 1 is 1.00 bits per heavy atom. The van der Waals surface area contributed by atoms with E-state index < -0.39 is 0 Å². The van der Waals surface area contributed by atoms with Gasteiger partial charge in [0.05, 0.1) is 0 Å². The van der Waals surface area contributed by atoms with Crippen molar-refractivity contribution in [1.29, 1.82) is 5.41 Å². The maximum absolute atomic E-state index is 8.72. The molecule has 0 bridgehead atoms. The van der Waals surface area contributed by atoms with Gasteiger partial charge < -0.3 is 0 Å². The summed E-state index contributed by atoms with van der Waals surface area (Å²) in [4.78, 5) is 0. The van der Waals surface area contributed by atoms with Gasteiger partial charge in [-0.1, -0.05) is 61.5 Å². The van der Waals surface area contributed by atoms with Gasteiger partial charge in [-0.05, 0) is 16.7 Å². The minimum Gasteiger partial charge on any atom is -0.290 e. The molecule has 0 amide bonds. The lowest BCUT2D eigenvalue weighted by atomic mass is 9.97. The van der Waals surface area contributed by atoms with E-state index >= 15 is 0 Å². The number of nitrogens with one attached hydrogen (secondary N) is 2. The third kappa shape index (κ3) is 2.57. The summed E-state index contributed by atoms with van der Waals surface area (Å²) in [5.74, 6) is -0.0396. The van der Waals surface area contributed by atoms with Crippen molar-refractivity contribution >= 4 is 5.84 Å². The monoisotopic (exact) mass is 240 g/mol. The Labute approximate surface area is 107 Å².